The van der Waals surface area contributed by atoms with Gasteiger partial charge in [-0.05, 0) is 26.7 Å². The van der Waals surface area contributed by atoms with Gasteiger partial charge in [-0.3, -0.25) is 0 Å². The molecule has 0 radical (unpaired) electrons. The Bertz CT molecular complexity index is 235. The lowest BCUT2D eigenvalue weighted by Crippen LogP contribution is -2.54. The number of nitrogens with one attached hydrogen (secondary N) is 2. The van der Waals surface area contributed by atoms with E-state index in [1.165, 1.54) is 13.8 Å². The predicted octanol–water partition coefficient (Wildman–Crippen LogP) is 1.34. The molecule has 0 aliphatic carbocycles. The Kier molecular flexibility index (Phi) is 5.11. The number of carboxylic acid groups (broad SMARTS) is 1. The highest BCUT2D eigenvalue weighted by Gasteiger charge is 2.29. The molecule has 0 aliphatic rings. The third kappa shape index (κ3) is 4.67. The maximum atomic E-state index is 11.4. The summed E-state index contributed by atoms with van der Waals surface area (Å²) in [5.41, 5.74) is -1.24. The first-order valence-corrected chi connectivity index (χ1v) is 5.15. The third-order valence-corrected chi connectivity index (χ3v) is 2.28. The number of amides is 2. The van der Waals surface area contributed by atoms with E-state index in [-0.39, 0.29) is 6.04 Å². The van der Waals surface area contributed by atoms with Crippen molar-refractivity contribution in [3.63, 3.8) is 0 Å². The summed E-state index contributed by atoms with van der Waals surface area (Å²) < 4.78 is 0. The van der Waals surface area contributed by atoms with E-state index in [1.807, 2.05) is 13.8 Å². The molecular weight excluding hydrogens is 196 g/mol. The highest BCUT2D eigenvalue weighted by molar-refractivity contribution is 5.85. The van der Waals surface area contributed by atoms with Crippen LogP contribution in [-0.2, 0) is 4.79 Å². The summed E-state index contributed by atoms with van der Waals surface area (Å²) >= 11 is 0. The topological polar surface area (TPSA) is 78.4 Å². The van der Waals surface area contributed by atoms with Gasteiger partial charge < -0.3 is 15.7 Å². The molecule has 3 N–H and O–H groups in total. The van der Waals surface area contributed by atoms with Crippen LogP contribution in [0.1, 0.15) is 40.5 Å². The predicted molar refractivity (Wildman–Crippen MR) is 57.8 cm³/mol. The number of hydrogen-bond donors (Lipinski definition) is 3. The molecule has 0 aromatic carbocycles. The van der Waals surface area contributed by atoms with Crippen molar-refractivity contribution in [2.45, 2.75) is 52.1 Å². The average Bonchev–Trinajstić information content (AvgIpc) is 2.13. The van der Waals surface area contributed by atoms with Crippen molar-refractivity contribution >= 4 is 12.0 Å². The van der Waals surface area contributed by atoms with Crippen molar-refractivity contribution in [2.75, 3.05) is 0 Å². The minimum atomic E-state index is -1.24. The molecular formula is C10H20N2O3. The van der Waals surface area contributed by atoms with Gasteiger partial charge in [0.1, 0.15) is 5.54 Å². The summed E-state index contributed by atoms with van der Waals surface area (Å²) in [4.78, 5) is 22.1. The first-order valence-electron chi connectivity index (χ1n) is 5.15. The molecule has 0 bridgehead atoms. The van der Waals surface area contributed by atoms with Gasteiger partial charge in [-0.25, -0.2) is 9.59 Å². The fraction of sp³-hybridized carbons (Fsp3) is 0.800. The first-order chi connectivity index (χ1) is 6.83. The monoisotopic (exact) mass is 216 g/mol. The second-order valence-electron chi connectivity index (χ2n) is 4.04. The van der Waals surface area contributed by atoms with E-state index in [9.17, 15) is 9.59 Å². The Morgan fingerprint density at radius 2 is 1.73 bits per heavy atom. The fourth-order valence-electron chi connectivity index (χ4n) is 1.05. The van der Waals surface area contributed by atoms with Gasteiger partial charge >= 0.3 is 12.0 Å². The van der Waals surface area contributed by atoms with Crippen LogP contribution in [0.25, 0.3) is 0 Å². The maximum absolute atomic E-state index is 11.4. The summed E-state index contributed by atoms with van der Waals surface area (Å²) in [7, 11) is 0. The summed E-state index contributed by atoms with van der Waals surface area (Å²) in [6.07, 6.45) is 1.66. The molecule has 0 rings (SSSR count). The smallest absolute Gasteiger partial charge is 0.328 e. The number of urea groups is 1. The molecule has 5 heteroatoms. The summed E-state index contributed by atoms with van der Waals surface area (Å²) in [6.45, 7) is 6.83. The standard InChI is InChI=1S/C10H20N2O3/c1-5-7(6-2)11-9(15)12-10(3,4)8(13)14/h7H,5-6H2,1-4H3,(H,13,14)(H2,11,12,15). The molecule has 88 valence electrons. The first kappa shape index (κ1) is 13.7. The molecule has 0 atom stereocenters. The normalized spacial score (nSPS) is 11.3. The number of hydrogen-bond acceptors (Lipinski definition) is 2. The maximum Gasteiger partial charge on any atom is 0.328 e. The van der Waals surface area contributed by atoms with E-state index < -0.39 is 17.5 Å². The fourth-order valence-corrected chi connectivity index (χ4v) is 1.05. The summed E-state index contributed by atoms with van der Waals surface area (Å²) in [5.74, 6) is -1.05. The SMILES string of the molecule is CCC(CC)NC(=O)NC(C)(C)C(=O)O. The average molecular weight is 216 g/mol. The quantitative estimate of drug-likeness (QED) is 0.649. The second-order valence-corrected chi connectivity index (χ2v) is 4.04. The molecule has 0 saturated heterocycles. The van der Waals surface area contributed by atoms with E-state index in [1.54, 1.807) is 0 Å². The Labute approximate surface area is 90.2 Å². The molecule has 15 heavy (non-hydrogen) atoms. The van der Waals surface area contributed by atoms with Gasteiger partial charge in [0.25, 0.3) is 0 Å². The van der Waals surface area contributed by atoms with Crippen LogP contribution in [0.5, 0.6) is 0 Å². The Morgan fingerprint density at radius 3 is 2.07 bits per heavy atom. The summed E-state index contributed by atoms with van der Waals surface area (Å²) in [5, 5.41) is 13.9. The van der Waals surface area contributed by atoms with Gasteiger partial charge in [-0.2, -0.15) is 0 Å². The van der Waals surface area contributed by atoms with Crippen LogP contribution in [0.3, 0.4) is 0 Å². The molecule has 0 spiro atoms. The highest BCUT2D eigenvalue weighted by Crippen LogP contribution is 2.02. The molecule has 0 heterocycles. The van der Waals surface area contributed by atoms with Crippen LogP contribution in [0.15, 0.2) is 0 Å². The minimum absolute atomic E-state index is 0.0922. The van der Waals surface area contributed by atoms with Gasteiger partial charge in [0.2, 0.25) is 0 Å². The molecule has 0 fully saturated rings. The summed E-state index contributed by atoms with van der Waals surface area (Å²) in [6, 6.07) is -0.342. The molecule has 0 aromatic heterocycles. The number of carbonyl (C=O) groups is 2. The zero-order chi connectivity index (χ0) is 12.1. The van der Waals surface area contributed by atoms with Crippen LogP contribution in [0.2, 0.25) is 0 Å². The largest absolute Gasteiger partial charge is 0.480 e. The third-order valence-electron chi connectivity index (χ3n) is 2.28. The molecule has 2 amide bonds. The lowest BCUT2D eigenvalue weighted by Gasteiger charge is -2.23. The molecule has 0 saturated carbocycles. The van der Waals surface area contributed by atoms with E-state index in [4.69, 9.17) is 5.11 Å². The van der Waals surface area contributed by atoms with Gasteiger partial charge in [-0.15, -0.1) is 0 Å². The van der Waals surface area contributed by atoms with E-state index in [0.717, 1.165) is 12.8 Å². The van der Waals surface area contributed by atoms with Crippen molar-refractivity contribution in [2.24, 2.45) is 0 Å². The van der Waals surface area contributed by atoms with Crippen LogP contribution in [0, 0.1) is 0 Å². The molecule has 0 unspecified atom stereocenters. The highest BCUT2D eigenvalue weighted by atomic mass is 16.4. The van der Waals surface area contributed by atoms with Gasteiger partial charge in [0.05, 0.1) is 0 Å². The molecule has 0 aromatic rings. The number of aliphatic carboxylic acids is 1. The van der Waals surface area contributed by atoms with Gasteiger partial charge in [-0.1, -0.05) is 13.8 Å². The van der Waals surface area contributed by atoms with Crippen molar-refractivity contribution in [3.05, 3.63) is 0 Å². The van der Waals surface area contributed by atoms with Crippen molar-refractivity contribution < 1.29 is 14.7 Å². The second kappa shape index (κ2) is 5.58. The van der Waals surface area contributed by atoms with Crippen LogP contribution in [0.4, 0.5) is 4.79 Å². The zero-order valence-electron chi connectivity index (χ0n) is 9.76. The number of carboxylic acids is 1. The van der Waals surface area contributed by atoms with Crippen molar-refractivity contribution in [1.29, 1.82) is 0 Å². The van der Waals surface area contributed by atoms with Crippen LogP contribution >= 0.6 is 0 Å². The van der Waals surface area contributed by atoms with Gasteiger partial charge in [0, 0.05) is 6.04 Å². The number of carbonyl (C=O) groups excluding carboxylic acids is 1. The zero-order valence-corrected chi connectivity index (χ0v) is 9.76. The van der Waals surface area contributed by atoms with E-state index >= 15 is 0 Å². The number of rotatable bonds is 5. The lowest BCUT2D eigenvalue weighted by molar-refractivity contribution is -0.142. The lowest BCUT2D eigenvalue weighted by atomic mass is 10.1. The Hall–Kier alpha value is -1.26. The van der Waals surface area contributed by atoms with Crippen LogP contribution < -0.4 is 10.6 Å². The van der Waals surface area contributed by atoms with Gasteiger partial charge in [0.15, 0.2) is 0 Å². The van der Waals surface area contributed by atoms with Crippen LogP contribution in [-0.4, -0.2) is 28.7 Å². The van der Waals surface area contributed by atoms with E-state index in [0.29, 0.717) is 0 Å². The van der Waals surface area contributed by atoms with Crippen molar-refractivity contribution in [3.8, 4) is 0 Å². The minimum Gasteiger partial charge on any atom is -0.480 e. The Balaban J connectivity index is 4.20. The Morgan fingerprint density at radius 1 is 1.27 bits per heavy atom. The molecule has 5 nitrogen and oxygen atoms in total. The van der Waals surface area contributed by atoms with Crippen molar-refractivity contribution in [1.82, 2.24) is 10.6 Å². The van der Waals surface area contributed by atoms with E-state index in [2.05, 4.69) is 10.6 Å². The molecule has 0 aliphatic heterocycles.